The number of nitrogens with zero attached hydrogens (tertiary/aromatic N) is 3. The Kier molecular flexibility index (Phi) is 2.35. The molecule has 1 aromatic carbocycles. The smallest absolute Gasteiger partial charge is 0.133 e. The first-order valence-corrected chi connectivity index (χ1v) is 5.98. The van der Waals surface area contributed by atoms with Gasteiger partial charge in [-0.25, -0.2) is 0 Å². The van der Waals surface area contributed by atoms with Gasteiger partial charge in [0.25, 0.3) is 0 Å². The monoisotopic (exact) mass is 228 g/mol. The van der Waals surface area contributed by atoms with Crippen LogP contribution in [0.5, 0.6) is 0 Å². The van der Waals surface area contributed by atoms with Crippen molar-refractivity contribution in [1.82, 2.24) is 14.8 Å². The van der Waals surface area contributed by atoms with Crippen molar-refractivity contribution in [3.8, 4) is 0 Å². The summed E-state index contributed by atoms with van der Waals surface area (Å²) in [5, 5.41) is 8.32. The summed E-state index contributed by atoms with van der Waals surface area (Å²) in [5.74, 6) is 2.69. The van der Waals surface area contributed by atoms with Crippen LogP contribution in [0.15, 0.2) is 24.3 Å². The van der Waals surface area contributed by atoms with E-state index >= 15 is 0 Å². The number of nitrogens with two attached hydrogens (primary N) is 1. The van der Waals surface area contributed by atoms with Crippen molar-refractivity contribution in [3.63, 3.8) is 0 Å². The highest BCUT2D eigenvalue weighted by atomic mass is 15.3. The van der Waals surface area contributed by atoms with Crippen molar-refractivity contribution in [2.45, 2.75) is 32.2 Å². The molecule has 17 heavy (non-hydrogen) atoms. The summed E-state index contributed by atoms with van der Waals surface area (Å²) in [5.41, 5.74) is 7.90. The van der Waals surface area contributed by atoms with Gasteiger partial charge in [0.05, 0.1) is 0 Å². The van der Waals surface area contributed by atoms with Crippen LogP contribution in [0, 0.1) is 6.92 Å². The molecule has 0 saturated heterocycles. The van der Waals surface area contributed by atoms with Gasteiger partial charge in [0, 0.05) is 24.6 Å². The normalized spacial score (nSPS) is 19.0. The summed E-state index contributed by atoms with van der Waals surface area (Å²) >= 11 is 0. The predicted molar refractivity (Wildman–Crippen MR) is 66.7 cm³/mol. The van der Waals surface area contributed by atoms with Gasteiger partial charge in [0.1, 0.15) is 11.6 Å². The maximum Gasteiger partial charge on any atom is 0.133 e. The summed E-state index contributed by atoms with van der Waals surface area (Å²) in [4.78, 5) is 0. The third kappa shape index (κ3) is 1.79. The Hall–Kier alpha value is -1.84. The lowest BCUT2D eigenvalue weighted by atomic mass is 9.91. The average Bonchev–Trinajstić information content (AvgIpc) is 2.72. The second-order valence-corrected chi connectivity index (χ2v) is 4.68. The summed E-state index contributed by atoms with van der Waals surface area (Å²) in [6.07, 6.45) is 2.15. The van der Waals surface area contributed by atoms with Crippen LogP contribution in [0.3, 0.4) is 0 Å². The molecule has 4 heteroatoms. The number of aromatic nitrogens is 3. The molecule has 0 spiro atoms. The zero-order chi connectivity index (χ0) is 11.8. The van der Waals surface area contributed by atoms with Crippen LogP contribution in [-0.2, 0) is 13.0 Å². The van der Waals surface area contributed by atoms with Gasteiger partial charge in [0.2, 0.25) is 0 Å². The minimum atomic E-state index is 0.554. The standard InChI is InChI=1S/C13H16N4/c1-9-15-16-13-7-4-11(8-17(9)13)10-2-5-12(14)6-3-10/h2-3,5-6,11H,4,7-8,14H2,1H3. The van der Waals surface area contributed by atoms with Crippen LogP contribution in [0.1, 0.15) is 29.6 Å². The van der Waals surface area contributed by atoms with E-state index in [1.807, 2.05) is 19.1 Å². The molecular formula is C13H16N4. The van der Waals surface area contributed by atoms with Gasteiger partial charge >= 0.3 is 0 Å². The summed E-state index contributed by atoms with van der Waals surface area (Å²) < 4.78 is 2.23. The molecule has 1 unspecified atom stereocenters. The molecule has 3 rings (SSSR count). The number of hydrogen-bond donors (Lipinski definition) is 1. The van der Waals surface area contributed by atoms with Crippen molar-refractivity contribution < 1.29 is 0 Å². The first kappa shape index (κ1) is 10.3. The lowest BCUT2D eigenvalue weighted by molar-refractivity contribution is 0.450. The van der Waals surface area contributed by atoms with Crippen LogP contribution in [0.25, 0.3) is 0 Å². The van der Waals surface area contributed by atoms with E-state index in [0.29, 0.717) is 5.92 Å². The van der Waals surface area contributed by atoms with Crippen LogP contribution in [0.4, 0.5) is 5.69 Å². The summed E-state index contributed by atoms with van der Waals surface area (Å²) in [6, 6.07) is 8.21. The van der Waals surface area contributed by atoms with E-state index in [1.54, 1.807) is 0 Å². The van der Waals surface area contributed by atoms with Gasteiger partial charge in [-0.2, -0.15) is 0 Å². The van der Waals surface area contributed by atoms with Crippen molar-refractivity contribution in [1.29, 1.82) is 0 Å². The second-order valence-electron chi connectivity index (χ2n) is 4.68. The van der Waals surface area contributed by atoms with E-state index in [1.165, 1.54) is 5.56 Å². The molecule has 4 nitrogen and oxygen atoms in total. The highest BCUT2D eigenvalue weighted by Gasteiger charge is 2.22. The highest BCUT2D eigenvalue weighted by molar-refractivity contribution is 5.40. The molecule has 0 radical (unpaired) electrons. The maximum absolute atomic E-state index is 5.72. The highest BCUT2D eigenvalue weighted by Crippen LogP contribution is 2.29. The fraction of sp³-hybridized carbons (Fsp3) is 0.385. The van der Waals surface area contributed by atoms with Crippen LogP contribution < -0.4 is 5.73 Å². The molecule has 2 aromatic rings. The largest absolute Gasteiger partial charge is 0.399 e. The molecule has 2 heterocycles. The van der Waals surface area contributed by atoms with E-state index in [0.717, 1.165) is 36.7 Å². The molecule has 0 fully saturated rings. The van der Waals surface area contributed by atoms with Crippen molar-refractivity contribution in [3.05, 3.63) is 41.5 Å². The van der Waals surface area contributed by atoms with Gasteiger partial charge in [0.15, 0.2) is 0 Å². The molecule has 1 atom stereocenters. The topological polar surface area (TPSA) is 56.7 Å². The van der Waals surface area contributed by atoms with Gasteiger partial charge in [-0.15, -0.1) is 10.2 Å². The Labute approximate surface area is 100 Å². The molecule has 1 aromatic heterocycles. The Bertz CT molecular complexity index is 527. The molecule has 88 valence electrons. The Morgan fingerprint density at radius 1 is 1.24 bits per heavy atom. The Morgan fingerprint density at radius 2 is 2.00 bits per heavy atom. The minimum absolute atomic E-state index is 0.554. The van der Waals surface area contributed by atoms with Gasteiger partial charge in [-0.05, 0) is 31.0 Å². The fourth-order valence-corrected chi connectivity index (χ4v) is 2.50. The molecule has 1 aliphatic heterocycles. The number of hydrogen-bond acceptors (Lipinski definition) is 3. The molecule has 0 aliphatic carbocycles. The molecule has 1 aliphatic rings. The van der Waals surface area contributed by atoms with E-state index in [9.17, 15) is 0 Å². The number of nitrogen functional groups attached to an aromatic ring is 1. The zero-order valence-electron chi connectivity index (χ0n) is 9.93. The SMILES string of the molecule is Cc1nnc2n1CC(c1ccc(N)cc1)CC2. The van der Waals surface area contributed by atoms with Gasteiger partial charge in [-0.1, -0.05) is 12.1 Å². The van der Waals surface area contributed by atoms with Crippen LogP contribution >= 0.6 is 0 Å². The first-order valence-electron chi connectivity index (χ1n) is 5.98. The van der Waals surface area contributed by atoms with E-state index in [-0.39, 0.29) is 0 Å². The quantitative estimate of drug-likeness (QED) is 0.758. The molecular weight excluding hydrogens is 212 g/mol. The average molecular weight is 228 g/mol. The lowest BCUT2D eigenvalue weighted by Gasteiger charge is -2.24. The van der Waals surface area contributed by atoms with E-state index in [2.05, 4.69) is 26.9 Å². The number of benzene rings is 1. The zero-order valence-corrected chi connectivity index (χ0v) is 9.93. The van der Waals surface area contributed by atoms with Crippen molar-refractivity contribution in [2.75, 3.05) is 5.73 Å². The Morgan fingerprint density at radius 3 is 2.76 bits per heavy atom. The number of rotatable bonds is 1. The Balaban J connectivity index is 1.88. The molecule has 0 saturated carbocycles. The second kappa shape index (κ2) is 3.87. The van der Waals surface area contributed by atoms with Gasteiger partial charge in [-0.3, -0.25) is 0 Å². The predicted octanol–water partition coefficient (Wildman–Crippen LogP) is 1.90. The van der Waals surface area contributed by atoms with E-state index < -0.39 is 0 Å². The van der Waals surface area contributed by atoms with Crippen molar-refractivity contribution >= 4 is 5.69 Å². The van der Waals surface area contributed by atoms with Crippen molar-refractivity contribution in [2.24, 2.45) is 0 Å². The summed E-state index contributed by atoms with van der Waals surface area (Å²) in [7, 11) is 0. The van der Waals surface area contributed by atoms with Crippen LogP contribution in [0.2, 0.25) is 0 Å². The van der Waals surface area contributed by atoms with E-state index in [4.69, 9.17) is 5.73 Å². The first-order chi connectivity index (χ1) is 8.24. The van der Waals surface area contributed by atoms with Crippen LogP contribution in [-0.4, -0.2) is 14.8 Å². The fourth-order valence-electron chi connectivity index (χ4n) is 2.50. The number of aryl methyl sites for hydroxylation is 2. The number of fused-ring (bicyclic) bond motifs is 1. The molecule has 2 N–H and O–H groups in total. The maximum atomic E-state index is 5.72. The lowest BCUT2D eigenvalue weighted by Crippen LogP contribution is -2.19. The van der Waals surface area contributed by atoms with Gasteiger partial charge < -0.3 is 10.3 Å². The molecule has 0 bridgehead atoms. The number of anilines is 1. The third-order valence-corrected chi connectivity index (χ3v) is 3.54. The third-order valence-electron chi connectivity index (χ3n) is 3.54. The molecule has 0 amide bonds. The summed E-state index contributed by atoms with van der Waals surface area (Å²) in [6.45, 7) is 3.00. The minimum Gasteiger partial charge on any atom is -0.399 e.